The molecule has 0 heterocycles. The van der Waals surface area contributed by atoms with Gasteiger partial charge < -0.3 is 10.1 Å². The van der Waals surface area contributed by atoms with Crippen LogP contribution in [0.3, 0.4) is 0 Å². The van der Waals surface area contributed by atoms with E-state index in [0.717, 1.165) is 5.56 Å². The lowest BCUT2D eigenvalue weighted by Crippen LogP contribution is -2.21. The minimum atomic E-state index is -0.307. The van der Waals surface area contributed by atoms with Crippen LogP contribution in [0.1, 0.15) is 17.2 Å². The van der Waals surface area contributed by atoms with E-state index >= 15 is 0 Å². The summed E-state index contributed by atoms with van der Waals surface area (Å²) >= 11 is 12.1. The van der Waals surface area contributed by atoms with Crippen molar-refractivity contribution in [1.29, 1.82) is 0 Å². The number of halogens is 3. The molecule has 1 atom stereocenters. The van der Waals surface area contributed by atoms with Crippen LogP contribution < -0.4 is 10.1 Å². The minimum absolute atomic E-state index is 0.250. The molecule has 2 aromatic carbocycles. The molecule has 2 aromatic rings. The Balaban J connectivity index is 2.36. The fourth-order valence-corrected chi connectivity index (χ4v) is 2.77. The Hall–Kier alpha value is -1.29. The lowest BCUT2D eigenvalue weighted by Gasteiger charge is -2.20. The molecule has 0 aliphatic heterocycles. The van der Waals surface area contributed by atoms with Crippen molar-refractivity contribution in [3.63, 3.8) is 0 Å². The maximum Gasteiger partial charge on any atom is 0.131 e. The lowest BCUT2D eigenvalue weighted by molar-refractivity contribution is 0.393. The maximum absolute atomic E-state index is 14.2. The van der Waals surface area contributed by atoms with Gasteiger partial charge in [0.05, 0.1) is 7.11 Å². The highest BCUT2D eigenvalue weighted by molar-refractivity contribution is 6.35. The fourth-order valence-electron chi connectivity index (χ4n) is 2.29. The predicted octanol–water partition coefficient (Wildman–Crippen LogP) is 4.64. The Bertz CT molecular complexity index is 634. The molecule has 0 saturated carbocycles. The summed E-state index contributed by atoms with van der Waals surface area (Å²) in [7, 11) is 3.31. The molecule has 0 radical (unpaired) electrons. The first-order valence-electron chi connectivity index (χ1n) is 6.50. The molecule has 2 rings (SSSR count). The van der Waals surface area contributed by atoms with E-state index in [9.17, 15) is 4.39 Å². The number of hydrogen-bond donors (Lipinski definition) is 1. The van der Waals surface area contributed by atoms with E-state index in [1.807, 2.05) is 6.07 Å². The standard InChI is InChI=1S/C16H16Cl2FNO/c1-20-14(8-10-6-7-11(17)9-12(10)18)16-13(19)4-3-5-15(16)21-2/h3-7,9,14,20H,8H2,1-2H3. The molecule has 0 aliphatic rings. The number of methoxy groups -OCH3 is 1. The topological polar surface area (TPSA) is 21.3 Å². The van der Waals surface area contributed by atoms with Crippen molar-refractivity contribution >= 4 is 23.2 Å². The number of benzene rings is 2. The molecule has 0 bridgehead atoms. The average molecular weight is 328 g/mol. The second-order valence-electron chi connectivity index (χ2n) is 4.64. The van der Waals surface area contributed by atoms with Crippen LogP contribution in [0.25, 0.3) is 0 Å². The second-order valence-corrected chi connectivity index (χ2v) is 5.48. The van der Waals surface area contributed by atoms with Crippen molar-refractivity contribution in [2.24, 2.45) is 0 Å². The van der Waals surface area contributed by atoms with Crippen molar-refractivity contribution in [1.82, 2.24) is 5.32 Å². The quantitative estimate of drug-likeness (QED) is 0.863. The molecule has 5 heteroatoms. The monoisotopic (exact) mass is 327 g/mol. The number of ether oxygens (including phenoxy) is 1. The predicted molar refractivity (Wildman–Crippen MR) is 84.9 cm³/mol. The van der Waals surface area contributed by atoms with Crippen LogP contribution in [0.15, 0.2) is 36.4 Å². The zero-order valence-electron chi connectivity index (χ0n) is 11.8. The van der Waals surface area contributed by atoms with Gasteiger partial charge in [0, 0.05) is 21.7 Å². The maximum atomic E-state index is 14.2. The van der Waals surface area contributed by atoms with E-state index in [-0.39, 0.29) is 11.9 Å². The highest BCUT2D eigenvalue weighted by atomic mass is 35.5. The highest BCUT2D eigenvalue weighted by Crippen LogP contribution is 2.32. The lowest BCUT2D eigenvalue weighted by atomic mass is 9.97. The van der Waals surface area contributed by atoms with Crippen LogP contribution >= 0.6 is 23.2 Å². The molecule has 1 unspecified atom stereocenters. The number of likely N-dealkylation sites (N-methyl/N-ethyl adjacent to an activating group) is 1. The smallest absolute Gasteiger partial charge is 0.131 e. The summed E-state index contributed by atoms with van der Waals surface area (Å²) in [4.78, 5) is 0. The van der Waals surface area contributed by atoms with Crippen LogP contribution in [-0.4, -0.2) is 14.2 Å². The van der Waals surface area contributed by atoms with Gasteiger partial charge in [-0.2, -0.15) is 0 Å². The summed E-state index contributed by atoms with van der Waals surface area (Å²) in [5.41, 5.74) is 1.39. The van der Waals surface area contributed by atoms with E-state index in [4.69, 9.17) is 27.9 Å². The summed E-state index contributed by atoms with van der Waals surface area (Å²) in [5.74, 6) is 0.207. The van der Waals surface area contributed by atoms with Crippen LogP contribution in [-0.2, 0) is 6.42 Å². The number of nitrogens with one attached hydrogen (secondary N) is 1. The van der Waals surface area contributed by atoms with Gasteiger partial charge in [0.1, 0.15) is 11.6 Å². The molecular formula is C16H16Cl2FNO. The Labute approximate surface area is 133 Å². The molecule has 1 N–H and O–H groups in total. The van der Waals surface area contributed by atoms with Crippen molar-refractivity contribution in [3.8, 4) is 5.75 Å². The van der Waals surface area contributed by atoms with E-state index in [1.54, 1.807) is 31.3 Å². The van der Waals surface area contributed by atoms with Crippen LogP contribution in [0.4, 0.5) is 4.39 Å². The summed E-state index contributed by atoms with van der Waals surface area (Å²) in [5, 5.41) is 4.26. The van der Waals surface area contributed by atoms with E-state index in [1.165, 1.54) is 13.2 Å². The van der Waals surface area contributed by atoms with Gasteiger partial charge in [-0.3, -0.25) is 0 Å². The first-order valence-corrected chi connectivity index (χ1v) is 7.26. The van der Waals surface area contributed by atoms with Gasteiger partial charge in [-0.1, -0.05) is 35.3 Å². The molecule has 0 saturated heterocycles. The van der Waals surface area contributed by atoms with E-state index in [2.05, 4.69) is 5.32 Å². The molecule has 2 nitrogen and oxygen atoms in total. The summed E-state index contributed by atoms with van der Waals surface area (Å²) in [6.07, 6.45) is 0.532. The third-order valence-electron chi connectivity index (χ3n) is 3.37. The molecule has 0 spiro atoms. The Kier molecular flexibility index (Phi) is 5.45. The summed E-state index contributed by atoms with van der Waals surface area (Å²) < 4.78 is 19.4. The zero-order valence-corrected chi connectivity index (χ0v) is 13.3. The first kappa shape index (κ1) is 16.1. The van der Waals surface area contributed by atoms with Crippen LogP contribution in [0, 0.1) is 5.82 Å². The van der Waals surface area contributed by atoms with Crippen molar-refractivity contribution in [3.05, 3.63) is 63.4 Å². The van der Waals surface area contributed by atoms with Gasteiger partial charge in [-0.25, -0.2) is 4.39 Å². The Morgan fingerprint density at radius 1 is 1.24 bits per heavy atom. The van der Waals surface area contributed by atoms with Crippen molar-refractivity contribution < 1.29 is 9.13 Å². The summed E-state index contributed by atoms with van der Waals surface area (Å²) in [6.45, 7) is 0. The second kappa shape index (κ2) is 7.12. The van der Waals surface area contributed by atoms with Crippen LogP contribution in [0.2, 0.25) is 10.0 Å². The number of hydrogen-bond acceptors (Lipinski definition) is 2. The van der Waals surface area contributed by atoms with Gasteiger partial charge in [0.2, 0.25) is 0 Å². The minimum Gasteiger partial charge on any atom is -0.496 e. The third kappa shape index (κ3) is 3.67. The van der Waals surface area contributed by atoms with Crippen molar-refractivity contribution in [2.75, 3.05) is 14.2 Å². The first-order chi connectivity index (χ1) is 10.1. The van der Waals surface area contributed by atoms with Gasteiger partial charge in [0.25, 0.3) is 0 Å². The highest BCUT2D eigenvalue weighted by Gasteiger charge is 2.20. The molecular weight excluding hydrogens is 312 g/mol. The molecule has 0 fully saturated rings. The average Bonchev–Trinajstić information content (AvgIpc) is 2.47. The number of rotatable bonds is 5. The Morgan fingerprint density at radius 2 is 2.00 bits per heavy atom. The molecule has 0 amide bonds. The normalized spacial score (nSPS) is 12.2. The fraction of sp³-hybridized carbons (Fsp3) is 0.250. The van der Waals surface area contributed by atoms with Gasteiger partial charge in [-0.15, -0.1) is 0 Å². The van der Waals surface area contributed by atoms with Crippen LogP contribution in [0.5, 0.6) is 5.75 Å². The van der Waals surface area contributed by atoms with Gasteiger partial charge >= 0.3 is 0 Å². The van der Waals surface area contributed by atoms with Crippen molar-refractivity contribution in [2.45, 2.75) is 12.5 Å². The van der Waals surface area contributed by atoms with E-state index in [0.29, 0.717) is 27.8 Å². The Morgan fingerprint density at radius 3 is 2.62 bits per heavy atom. The molecule has 21 heavy (non-hydrogen) atoms. The van der Waals surface area contributed by atoms with E-state index < -0.39 is 0 Å². The zero-order chi connectivity index (χ0) is 15.4. The van der Waals surface area contributed by atoms with Gasteiger partial charge in [0.15, 0.2) is 0 Å². The van der Waals surface area contributed by atoms with Gasteiger partial charge in [-0.05, 0) is 43.3 Å². The molecule has 112 valence electrons. The summed E-state index contributed by atoms with van der Waals surface area (Å²) in [6, 6.07) is 9.84. The molecule has 0 aliphatic carbocycles. The largest absolute Gasteiger partial charge is 0.496 e. The third-order valence-corrected chi connectivity index (χ3v) is 3.96. The SMILES string of the molecule is CNC(Cc1ccc(Cl)cc1Cl)c1c(F)cccc1OC. The molecule has 0 aromatic heterocycles.